The van der Waals surface area contributed by atoms with Crippen molar-refractivity contribution in [1.82, 2.24) is 0 Å². The topological polar surface area (TPSA) is 52.6 Å². The SMILES string of the molecule is CCCCCOc1ccc(P(=O)(C(=O)c2c(C)cccc2C)c2ccc(OCCCCC)cc2)cc1. The van der Waals surface area contributed by atoms with Gasteiger partial charge in [-0.3, -0.25) is 4.79 Å². The van der Waals surface area contributed by atoms with Gasteiger partial charge in [0.15, 0.2) is 0 Å². The molecule has 192 valence electrons. The van der Waals surface area contributed by atoms with Gasteiger partial charge < -0.3 is 14.0 Å². The second-order valence-corrected chi connectivity index (χ2v) is 11.9. The number of unbranched alkanes of at least 4 members (excludes halogenated alkanes) is 4. The van der Waals surface area contributed by atoms with Crippen molar-refractivity contribution in [2.24, 2.45) is 0 Å². The minimum Gasteiger partial charge on any atom is -0.494 e. The summed E-state index contributed by atoms with van der Waals surface area (Å²) in [5.74, 6) is 1.44. The predicted molar refractivity (Wildman–Crippen MR) is 150 cm³/mol. The summed E-state index contributed by atoms with van der Waals surface area (Å²) >= 11 is 0. The van der Waals surface area contributed by atoms with Gasteiger partial charge in [-0.25, -0.2) is 0 Å². The molecule has 0 heterocycles. The number of carbonyl (C=O) groups is 1. The van der Waals surface area contributed by atoms with Gasteiger partial charge in [0.25, 0.3) is 0 Å². The molecule has 3 aromatic carbocycles. The third-order valence-corrected chi connectivity index (χ3v) is 9.26. The fraction of sp³-hybridized carbons (Fsp3) is 0.387. The van der Waals surface area contributed by atoms with Crippen molar-refractivity contribution in [2.75, 3.05) is 13.2 Å². The molecule has 0 aliphatic rings. The van der Waals surface area contributed by atoms with Gasteiger partial charge in [0.2, 0.25) is 12.7 Å². The molecule has 0 unspecified atom stereocenters. The van der Waals surface area contributed by atoms with Crippen LogP contribution in [0.4, 0.5) is 0 Å². The molecule has 3 rings (SSSR count). The Kier molecular flexibility index (Phi) is 10.4. The molecule has 0 aliphatic carbocycles. The molecule has 0 amide bonds. The number of rotatable bonds is 14. The lowest BCUT2D eigenvalue weighted by molar-refractivity contribution is 0.107. The summed E-state index contributed by atoms with van der Waals surface area (Å²) in [6.45, 7) is 9.39. The number of hydrogen-bond acceptors (Lipinski definition) is 4. The van der Waals surface area contributed by atoms with Gasteiger partial charge in [-0.05, 0) is 86.3 Å². The highest BCUT2D eigenvalue weighted by atomic mass is 31.2. The molecular weight excluding hydrogens is 467 g/mol. The maximum Gasteiger partial charge on any atom is 0.230 e. The Morgan fingerprint density at radius 1 is 0.667 bits per heavy atom. The van der Waals surface area contributed by atoms with E-state index in [9.17, 15) is 9.36 Å². The van der Waals surface area contributed by atoms with Gasteiger partial charge >= 0.3 is 0 Å². The van der Waals surface area contributed by atoms with Crippen LogP contribution >= 0.6 is 7.14 Å². The van der Waals surface area contributed by atoms with Crippen molar-refractivity contribution < 1.29 is 18.8 Å². The van der Waals surface area contributed by atoms with E-state index in [2.05, 4.69) is 13.8 Å². The van der Waals surface area contributed by atoms with Gasteiger partial charge in [-0.1, -0.05) is 57.7 Å². The van der Waals surface area contributed by atoms with Crippen molar-refractivity contribution >= 4 is 23.3 Å². The number of carbonyl (C=O) groups excluding carboxylic acids is 1. The fourth-order valence-electron chi connectivity index (χ4n) is 4.28. The quantitative estimate of drug-likeness (QED) is 0.167. The van der Waals surface area contributed by atoms with Crippen molar-refractivity contribution in [3.05, 3.63) is 83.4 Å². The van der Waals surface area contributed by atoms with E-state index in [4.69, 9.17) is 9.47 Å². The molecule has 5 heteroatoms. The molecule has 0 fully saturated rings. The highest BCUT2D eigenvalue weighted by Crippen LogP contribution is 2.48. The Hall–Kier alpha value is -2.84. The molecule has 0 bridgehead atoms. The Balaban J connectivity index is 1.96. The third-order valence-electron chi connectivity index (χ3n) is 6.41. The summed E-state index contributed by atoms with van der Waals surface area (Å²) in [4.78, 5) is 14.0. The predicted octanol–water partition coefficient (Wildman–Crippen LogP) is 7.60. The van der Waals surface area contributed by atoms with Crippen LogP contribution < -0.4 is 20.1 Å². The van der Waals surface area contributed by atoms with Crippen molar-refractivity contribution in [3.8, 4) is 11.5 Å². The summed E-state index contributed by atoms with van der Waals surface area (Å²) < 4.78 is 26.5. The van der Waals surface area contributed by atoms with Gasteiger partial charge in [0.05, 0.1) is 13.2 Å². The van der Waals surface area contributed by atoms with Crippen LogP contribution in [0.5, 0.6) is 11.5 Å². The first-order chi connectivity index (χ1) is 17.4. The maximum atomic E-state index is 14.8. The summed E-state index contributed by atoms with van der Waals surface area (Å²) in [5.41, 5.74) is 1.84. The number of hydrogen-bond donors (Lipinski definition) is 0. The smallest absolute Gasteiger partial charge is 0.230 e. The van der Waals surface area contributed by atoms with Gasteiger partial charge in [0, 0.05) is 16.2 Å². The average molecular weight is 507 g/mol. The molecular formula is C31H39O4P. The monoisotopic (exact) mass is 506 g/mol. The first kappa shape index (κ1) is 27.7. The van der Waals surface area contributed by atoms with Crippen LogP contribution in [0.15, 0.2) is 66.7 Å². The van der Waals surface area contributed by atoms with Crippen LogP contribution in [-0.2, 0) is 4.57 Å². The van der Waals surface area contributed by atoms with Crippen molar-refractivity contribution in [1.29, 1.82) is 0 Å². The van der Waals surface area contributed by atoms with E-state index in [1.54, 1.807) is 24.3 Å². The van der Waals surface area contributed by atoms with Gasteiger partial charge in [-0.15, -0.1) is 0 Å². The molecule has 0 saturated carbocycles. The minimum atomic E-state index is -3.65. The summed E-state index contributed by atoms with van der Waals surface area (Å²) in [7, 11) is -3.65. The van der Waals surface area contributed by atoms with E-state index in [-0.39, 0.29) is 5.52 Å². The standard InChI is InChI=1S/C31H39O4P/c1-5-7-9-22-34-26-14-18-28(19-15-26)36(33,31(32)30-24(3)12-11-13-25(30)4)29-20-16-27(17-21-29)35-23-10-8-6-2/h11-21H,5-10,22-23H2,1-4H3. The zero-order valence-electron chi connectivity index (χ0n) is 22.1. The first-order valence-corrected chi connectivity index (χ1v) is 14.8. The molecule has 0 spiro atoms. The summed E-state index contributed by atoms with van der Waals surface area (Å²) in [6.07, 6.45) is 6.50. The number of benzene rings is 3. The van der Waals surface area contributed by atoms with E-state index in [1.807, 2.05) is 56.3 Å². The molecule has 3 aromatic rings. The summed E-state index contributed by atoms with van der Waals surface area (Å²) in [6, 6.07) is 20.1. The van der Waals surface area contributed by atoms with E-state index < -0.39 is 7.14 Å². The van der Waals surface area contributed by atoms with Crippen LogP contribution in [0.25, 0.3) is 0 Å². The van der Waals surface area contributed by atoms with E-state index in [0.717, 1.165) is 61.2 Å². The Morgan fingerprint density at radius 2 is 1.08 bits per heavy atom. The second-order valence-electron chi connectivity index (χ2n) is 9.28. The normalized spacial score (nSPS) is 11.3. The van der Waals surface area contributed by atoms with E-state index in [0.29, 0.717) is 29.4 Å². The van der Waals surface area contributed by atoms with Crippen LogP contribution in [0.1, 0.15) is 73.9 Å². The number of aryl methyl sites for hydroxylation is 2. The maximum absolute atomic E-state index is 14.8. The van der Waals surface area contributed by atoms with Gasteiger partial charge in [0.1, 0.15) is 11.5 Å². The summed E-state index contributed by atoms with van der Waals surface area (Å²) in [5, 5.41) is 1.01. The largest absolute Gasteiger partial charge is 0.494 e. The Bertz CT molecular complexity index is 1090. The molecule has 0 saturated heterocycles. The number of ether oxygens (including phenoxy) is 2. The lowest BCUT2D eigenvalue weighted by Crippen LogP contribution is -2.24. The van der Waals surface area contributed by atoms with Crippen LogP contribution in [0.3, 0.4) is 0 Å². The minimum absolute atomic E-state index is 0.341. The van der Waals surface area contributed by atoms with Crippen molar-refractivity contribution in [3.63, 3.8) is 0 Å². The fourth-order valence-corrected chi connectivity index (χ4v) is 6.85. The van der Waals surface area contributed by atoms with E-state index in [1.165, 1.54) is 0 Å². The highest BCUT2D eigenvalue weighted by Gasteiger charge is 2.38. The van der Waals surface area contributed by atoms with Crippen LogP contribution in [0, 0.1) is 13.8 Å². The molecule has 36 heavy (non-hydrogen) atoms. The van der Waals surface area contributed by atoms with Crippen LogP contribution in [-0.4, -0.2) is 18.7 Å². The van der Waals surface area contributed by atoms with Crippen LogP contribution in [0.2, 0.25) is 0 Å². The molecule has 0 aromatic heterocycles. The molecule has 0 N–H and O–H groups in total. The average Bonchev–Trinajstić information content (AvgIpc) is 2.89. The molecule has 0 atom stereocenters. The molecule has 0 radical (unpaired) electrons. The van der Waals surface area contributed by atoms with Crippen molar-refractivity contribution in [2.45, 2.75) is 66.2 Å². The highest BCUT2D eigenvalue weighted by molar-refractivity contribution is 7.93. The second kappa shape index (κ2) is 13.5. The zero-order chi connectivity index (χ0) is 26.0. The Morgan fingerprint density at radius 3 is 1.47 bits per heavy atom. The van der Waals surface area contributed by atoms with Gasteiger partial charge in [-0.2, -0.15) is 0 Å². The van der Waals surface area contributed by atoms with E-state index >= 15 is 0 Å². The first-order valence-electron chi connectivity index (χ1n) is 13.1. The third kappa shape index (κ3) is 6.68. The molecule has 0 aliphatic heterocycles. The Labute approximate surface area is 216 Å². The molecule has 4 nitrogen and oxygen atoms in total. The zero-order valence-corrected chi connectivity index (χ0v) is 23.0. The lowest BCUT2D eigenvalue weighted by atomic mass is 10.0. The lowest BCUT2D eigenvalue weighted by Gasteiger charge is -2.21.